The van der Waals surface area contributed by atoms with Crippen molar-refractivity contribution in [3.63, 3.8) is 0 Å². The number of nitriles is 1. The molecule has 1 aliphatic rings. The zero-order chi connectivity index (χ0) is 15.1. The third kappa shape index (κ3) is 4.49. The molecule has 1 heterocycles. The van der Waals surface area contributed by atoms with Gasteiger partial charge in [-0.2, -0.15) is 5.26 Å². The second-order valence-corrected chi connectivity index (χ2v) is 4.83. The summed E-state index contributed by atoms with van der Waals surface area (Å²) in [6.45, 7) is 0.503. The maximum Gasteiger partial charge on any atom is 0.258 e. The molecular formula is C15H17N3O3. The normalized spacial score (nSPS) is 18.0. The molecule has 2 N–H and O–H groups in total. The van der Waals surface area contributed by atoms with Gasteiger partial charge in [0.1, 0.15) is 11.8 Å². The van der Waals surface area contributed by atoms with E-state index >= 15 is 0 Å². The highest BCUT2D eigenvalue weighted by Gasteiger charge is 2.22. The van der Waals surface area contributed by atoms with E-state index in [-0.39, 0.29) is 18.4 Å². The van der Waals surface area contributed by atoms with Crippen LogP contribution in [0.1, 0.15) is 24.8 Å². The monoisotopic (exact) mass is 287 g/mol. The van der Waals surface area contributed by atoms with Crippen LogP contribution in [0.2, 0.25) is 0 Å². The predicted octanol–water partition coefficient (Wildman–Crippen LogP) is 0.722. The number of ether oxygens (including phenoxy) is 1. The van der Waals surface area contributed by atoms with Crippen LogP contribution in [0.4, 0.5) is 0 Å². The van der Waals surface area contributed by atoms with Crippen LogP contribution in [0, 0.1) is 11.3 Å². The van der Waals surface area contributed by atoms with Crippen molar-refractivity contribution in [2.45, 2.75) is 25.3 Å². The van der Waals surface area contributed by atoms with E-state index in [4.69, 9.17) is 10.00 Å². The van der Waals surface area contributed by atoms with Gasteiger partial charge in [-0.25, -0.2) is 0 Å². The third-order valence-corrected chi connectivity index (χ3v) is 3.22. The number of amides is 2. The summed E-state index contributed by atoms with van der Waals surface area (Å²) in [6, 6.07) is 8.02. The topological polar surface area (TPSA) is 91.2 Å². The minimum atomic E-state index is -0.482. The van der Waals surface area contributed by atoms with Crippen LogP contribution in [0.5, 0.6) is 5.75 Å². The van der Waals surface area contributed by atoms with Crippen LogP contribution in [-0.4, -0.2) is 31.0 Å². The van der Waals surface area contributed by atoms with Crippen molar-refractivity contribution in [2.75, 3.05) is 13.2 Å². The van der Waals surface area contributed by atoms with Crippen molar-refractivity contribution in [3.8, 4) is 11.8 Å². The molecule has 0 bridgehead atoms. The Kier molecular flexibility index (Phi) is 5.16. The smallest absolute Gasteiger partial charge is 0.258 e. The number of hydrogen-bond acceptors (Lipinski definition) is 4. The standard InChI is InChI=1S/C15H17N3O3/c16-9-11-4-6-12(7-5-11)21-10-14(19)18-13-3-1-2-8-17-15(13)20/h4-7,13H,1-3,8,10H2,(H,17,20)(H,18,19)/t13-/m1/s1. The van der Waals surface area contributed by atoms with Crippen molar-refractivity contribution < 1.29 is 14.3 Å². The Labute approximate surface area is 123 Å². The molecule has 21 heavy (non-hydrogen) atoms. The molecule has 1 aliphatic heterocycles. The molecule has 0 spiro atoms. The average molecular weight is 287 g/mol. The first-order valence-corrected chi connectivity index (χ1v) is 6.89. The molecule has 1 aromatic rings. The summed E-state index contributed by atoms with van der Waals surface area (Å²) >= 11 is 0. The van der Waals surface area contributed by atoms with Crippen LogP contribution in [-0.2, 0) is 9.59 Å². The summed E-state index contributed by atoms with van der Waals surface area (Å²) in [6.07, 6.45) is 2.48. The number of carbonyl (C=O) groups excluding carboxylic acids is 2. The van der Waals surface area contributed by atoms with Crippen LogP contribution in [0.3, 0.4) is 0 Å². The van der Waals surface area contributed by atoms with E-state index in [1.807, 2.05) is 6.07 Å². The van der Waals surface area contributed by atoms with Crippen LogP contribution >= 0.6 is 0 Å². The lowest BCUT2D eigenvalue weighted by atomic mass is 10.1. The van der Waals surface area contributed by atoms with E-state index in [9.17, 15) is 9.59 Å². The Hall–Kier alpha value is -2.55. The lowest BCUT2D eigenvalue weighted by molar-refractivity contribution is -0.129. The Bertz CT molecular complexity index is 548. The summed E-state index contributed by atoms with van der Waals surface area (Å²) in [5, 5.41) is 14.1. The minimum absolute atomic E-state index is 0.140. The van der Waals surface area contributed by atoms with Gasteiger partial charge in [0.2, 0.25) is 5.91 Å². The minimum Gasteiger partial charge on any atom is -0.484 e. The quantitative estimate of drug-likeness (QED) is 0.853. The number of nitrogens with one attached hydrogen (secondary N) is 2. The summed E-state index contributed by atoms with van der Waals surface area (Å²) < 4.78 is 5.32. The molecule has 2 rings (SSSR count). The average Bonchev–Trinajstić information content (AvgIpc) is 2.71. The maximum atomic E-state index is 11.8. The first kappa shape index (κ1) is 14.9. The number of carbonyl (C=O) groups is 2. The fraction of sp³-hybridized carbons (Fsp3) is 0.400. The molecule has 0 radical (unpaired) electrons. The predicted molar refractivity (Wildman–Crippen MR) is 75.4 cm³/mol. The van der Waals surface area contributed by atoms with Gasteiger partial charge in [-0.15, -0.1) is 0 Å². The van der Waals surface area contributed by atoms with E-state index in [2.05, 4.69) is 10.6 Å². The largest absolute Gasteiger partial charge is 0.484 e. The van der Waals surface area contributed by atoms with Crippen molar-refractivity contribution in [2.24, 2.45) is 0 Å². The van der Waals surface area contributed by atoms with Crippen molar-refractivity contribution in [1.29, 1.82) is 5.26 Å². The van der Waals surface area contributed by atoms with Gasteiger partial charge < -0.3 is 15.4 Å². The fourth-order valence-electron chi connectivity index (χ4n) is 2.09. The lowest BCUT2D eigenvalue weighted by Gasteiger charge is -2.15. The highest BCUT2D eigenvalue weighted by molar-refractivity contribution is 5.88. The van der Waals surface area contributed by atoms with Gasteiger partial charge in [0.25, 0.3) is 5.91 Å². The highest BCUT2D eigenvalue weighted by atomic mass is 16.5. The number of hydrogen-bond donors (Lipinski definition) is 2. The fourth-order valence-corrected chi connectivity index (χ4v) is 2.09. The van der Waals surface area contributed by atoms with Crippen LogP contribution < -0.4 is 15.4 Å². The van der Waals surface area contributed by atoms with Crippen LogP contribution in [0.25, 0.3) is 0 Å². The second kappa shape index (κ2) is 7.29. The molecule has 110 valence electrons. The summed E-state index contributed by atoms with van der Waals surface area (Å²) in [7, 11) is 0. The first-order chi connectivity index (χ1) is 10.2. The van der Waals surface area contributed by atoms with E-state index < -0.39 is 6.04 Å². The van der Waals surface area contributed by atoms with Crippen molar-refractivity contribution >= 4 is 11.8 Å². The van der Waals surface area contributed by atoms with Gasteiger partial charge in [0, 0.05) is 6.54 Å². The van der Waals surface area contributed by atoms with Crippen molar-refractivity contribution in [1.82, 2.24) is 10.6 Å². The van der Waals surface area contributed by atoms with Gasteiger partial charge in [-0.1, -0.05) is 0 Å². The molecule has 6 heteroatoms. The summed E-state index contributed by atoms with van der Waals surface area (Å²) in [5.74, 6) is 0.0371. The van der Waals surface area contributed by atoms with E-state index in [1.54, 1.807) is 24.3 Å². The van der Waals surface area contributed by atoms with Crippen molar-refractivity contribution in [3.05, 3.63) is 29.8 Å². The molecule has 2 amide bonds. The molecule has 0 unspecified atom stereocenters. The summed E-state index contributed by atoms with van der Waals surface area (Å²) in [4.78, 5) is 23.5. The summed E-state index contributed by atoms with van der Waals surface area (Å²) in [5.41, 5.74) is 0.530. The highest BCUT2D eigenvalue weighted by Crippen LogP contribution is 2.11. The molecule has 1 aromatic carbocycles. The first-order valence-electron chi connectivity index (χ1n) is 6.89. The molecule has 0 aromatic heterocycles. The van der Waals surface area contributed by atoms with E-state index in [0.717, 1.165) is 12.8 Å². The number of nitrogens with zero attached hydrogens (tertiary/aromatic N) is 1. The van der Waals surface area contributed by atoms with Crippen LogP contribution in [0.15, 0.2) is 24.3 Å². The zero-order valence-corrected chi connectivity index (χ0v) is 11.6. The lowest BCUT2D eigenvalue weighted by Crippen LogP contribution is -2.46. The Morgan fingerprint density at radius 1 is 1.38 bits per heavy atom. The molecule has 6 nitrogen and oxygen atoms in total. The molecular weight excluding hydrogens is 270 g/mol. The molecule has 1 atom stereocenters. The van der Waals surface area contributed by atoms with Gasteiger partial charge in [-0.05, 0) is 43.5 Å². The Morgan fingerprint density at radius 2 is 2.14 bits per heavy atom. The molecule has 0 aliphatic carbocycles. The second-order valence-electron chi connectivity index (χ2n) is 4.83. The molecule has 1 saturated heterocycles. The Morgan fingerprint density at radius 3 is 2.86 bits per heavy atom. The maximum absolute atomic E-state index is 11.8. The SMILES string of the molecule is N#Cc1ccc(OCC(=O)N[C@@H]2CCCCNC2=O)cc1. The van der Waals surface area contributed by atoms with Gasteiger partial charge in [0.05, 0.1) is 11.6 Å². The third-order valence-electron chi connectivity index (χ3n) is 3.22. The van der Waals surface area contributed by atoms with E-state index in [1.165, 1.54) is 0 Å². The van der Waals surface area contributed by atoms with Gasteiger partial charge in [-0.3, -0.25) is 9.59 Å². The Balaban J connectivity index is 1.81. The zero-order valence-electron chi connectivity index (χ0n) is 11.6. The van der Waals surface area contributed by atoms with Gasteiger partial charge in [0.15, 0.2) is 6.61 Å². The molecule has 1 fully saturated rings. The number of rotatable bonds is 4. The van der Waals surface area contributed by atoms with E-state index in [0.29, 0.717) is 24.3 Å². The van der Waals surface area contributed by atoms with Gasteiger partial charge >= 0.3 is 0 Å². The number of benzene rings is 1. The molecule has 0 saturated carbocycles.